The Balaban J connectivity index is 2.50. The first-order chi connectivity index (χ1) is 9.28. The molecular weight excluding hydrogens is 256 g/mol. The Morgan fingerprint density at radius 2 is 2.00 bits per heavy atom. The van der Waals surface area contributed by atoms with Crippen molar-refractivity contribution in [3.8, 4) is 0 Å². The van der Waals surface area contributed by atoms with Crippen molar-refractivity contribution in [2.45, 2.75) is 39.7 Å². The highest BCUT2D eigenvalue weighted by atomic mass is 16.2. The maximum absolute atomic E-state index is 11.7. The second-order valence-electron chi connectivity index (χ2n) is 5.48. The Bertz CT molecular complexity index is 504. The molecule has 0 fully saturated rings. The third-order valence-electron chi connectivity index (χ3n) is 2.18. The van der Waals surface area contributed by atoms with Crippen molar-refractivity contribution in [2.75, 3.05) is 0 Å². The van der Waals surface area contributed by atoms with Crippen molar-refractivity contribution in [2.24, 2.45) is 5.10 Å². The molecule has 2 amide bonds. The van der Waals surface area contributed by atoms with Crippen LogP contribution in [0.5, 0.6) is 0 Å². The van der Waals surface area contributed by atoms with Gasteiger partial charge in [-0.25, -0.2) is 5.43 Å². The molecule has 0 unspecified atom stereocenters. The molecule has 6 nitrogen and oxygen atoms in total. The fraction of sp³-hybridized carbons (Fsp3) is 0.429. The Labute approximate surface area is 118 Å². The summed E-state index contributed by atoms with van der Waals surface area (Å²) in [7, 11) is 0. The maximum atomic E-state index is 11.7. The van der Waals surface area contributed by atoms with Gasteiger partial charge in [-0.15, -0.1) is 0 Å². The molecule has 0 aliphatic heterocycles. The van der Waals surface area contributed by atoms with Crippen LogP contribution in [0.25, 0.3) is 0 Å². The molecule has 0 bridgehead atoms. The largest absolute Gasteiger partial charge is 0.351 e. The van der Waals surface area contributed by atoms with Crippen LogP contribution in [0.1, 0.15) is 44.6 Å². The van der Waals surface area contributed by atoms with Gasteiger partial charge in [0.15, 0.2) is 0 Å². The fourth-order valence-corrected chi connectivity index (χ4v) is 1.43. The zero-order chi connectivity index (χ0) is 15.2. The van der Waals surface area contributed by atoms with Crippen molar-refractivity contribution in [1.82, 2.24) is 15.7 Å². The van der Waals surface area contributed by atoms with E-state index in [4.69, 9.17) is 0 Å². The monoisotopic (exact) mass is 276 g/mol. The Kier molecular flexibility index (Phi) is 5.37. The highest BCUT2D eigenvalue weighted by Gasteiger charge is 2.14. The number of hydrogen-bond donors (Lipinski definition) is 2. The van der Waals surface area contributed by atoms with Crippen molar-refractivity contribution in [1.29, 1.82) is 0 Å². The first-order valence-corrected chi connectivity index (χ1v) is 6.33. The zero-order valence-electron chi connectivity index (χ0n) is 12.2. The zero-order valence-corrected chi connectivity index (χ0v) is 12.2. The molecule has 0 spiro atoms. The summed E-state index contributed by atoms with van der Waals surface area (Å²) in [4.78, 5) is 27.3. The number of nitrogens with zero attached hydrogens (tertiary/aromatic N) is 2. The number of carbonyl (C=O) groups is 2. The average Bonchev–Trinajstić information content (AvgIpc) is 2.34. The molecule has 20 heavy (non-hydrogen) atoms. The fourth-order valence-electron chi connectivity index (χ4n) is 1.43. The van der Waals surface area contributed by atoms with E-state index < -0.39 is 5.91 Å². The van der Waals surface area contributed by atoms with Gasteiger partial charge in [0.2, 0.25) is 5.91 Å². The second-order valence-corrected chi connectivity index (χ2v) is 5.48. The van der Waals surface area contributed by atoms with Crippen LogP contribution in [0.3, 0.4) is 0 Å². The minimum atomic E-state index is -0.402. The van der Waals surface area contributed by atoms with E-state index in [1.807, 2.05) is 20.8 Å². The summed E-state index contributed by atoms with van der Waals surface area (Å²) in [6.07, 6.45) is 1.67. The summed E-state index contributed by atoms with van der Waals surface area (Å²) in [5, 5.41) is 6.71. The van der Waals surface area contributed by atoms with E-state index in [1.165, 1.54) is 6.20 Å². The van der Waals surface area contributed by atoms with E-state index in [9.17, 15) is 9.59 Å². The number of carbonyl (C=O) groups excluding carboxylic acids is 2. The highest BCUT2D eigenvalue weighted by Crippen LogP contribution is 2.00. The topological polar surface area (TPSA) is 83.5 Å². The van der Waals surface area contributed by atoms with Gasteiger partial charge in [0.05, 0.1) is 6.42 Å². The van der Waals surface area contributed by atoms with Gasteiger partial charge in [-0.05, 0) is 39.8 Å². The molecule has 0 saturated carbocycles. The predicted octanol–water partition coefficient (Wildman–Crippen LogP) is 1.49. The summed E-state index contributed by atoms with van der Waals surface area (Å²) in [5.74, 6) is -0.535. The van der Waals surface area contributed by atoms with Gasteiger partial charge in [0, 0.05) is 17.4 Å². The number of nitrogens with one attached hydrogen (secondary N) is 2. The molecule has 0 saturated heterocycles. The summed E-state index contributed by atoms with van der Waals surface area (Å²) >= 11 is 0. The van der Waals surface area contributed by atoms with E-state index >= 15 is 0 Å². The van der Waals surface area contributed by atoms with Crippen molar-refractivity contribution in [3.05, 3.63) is 30.1 Å². The number of aromatic nitrogens is 1. The molecule has 2 N–H and O–H groups in total. The number of hydrazone groups is 1. The van der Waals surface area contributed by atoms with Crippen molar-refractivity contribution in [3.63, 3.8) is 0 Å². The molecule has 108 valence electrons. The van der Waals surface area contributed by atoms with Crippen LogP contribution in [0, 0.1) is 0 Å². The number of pyridine rings is 1. The average molecular weight is 276 g/mol. The van der Waals surface area contributed by atoms with Gasteiger partial charge in [-0.2, -0.15) is 5.10 Å². The minimum Gasteiger partial charge on any atom is -0.351 e. The van der Waals surface area contributed by atoms with Crippen molar-refractivity contribution < 1.29 is 9.59 Å². The van der Waals surface area contributed by atoms with Crippen LogP contribution in [0.15, 0.2) is 29.5 Å². The number of rotatable bonds is 4. The van der Waals surface area contributed by atoms with Crippen LogP contribution in [0.4, 0.5) is 0 Å². The third-order valence-corrected chi connectivity index (χ3v) is 2.18. The normalized spacial score (nSPS) is 11.9. The lowest BCUT2D eigenvalue weighted by atomic mass is 10.1. The molecule has 1 aromatic heterocycles. The van der Waals surface area contributed by atoms with Crippen LogP contribution < -0.4 is 10.7 Å². The first kappa shape index (κ1) is 15.8. The summed E-state index contributed by atoms with van der Waals surface area (Å²) in [5.41, 5.74) is 2.90. The lowest BCUT2D eigenvalue weighted by molar-refractivity contribution is -0.121. The van der Waals surface area contributed by atoms with Gasteiger partial charge < -0.3 is 5.32 Å². The Hall–Kier alpha value is -2.24. The molecule has 1 rings (SSSR count). The van der Waals surface area contributed by atoms with Gasteiger partial charge >= 0.3 is 0 Å². The van der Waals surface area contributed by atoms with Crippen LogP contribution in [-0.2, 0) is 4.79 Å². The van der Waals surface area contributed by atoms with Crippen molar-refractivity contribution >= 4 is 17.5 Å². The van der Waals surface area contributed by atoms with E-state index in [1.54, 1.807) is 25.1 Å². The predicted molar refractivity (Wildman–Crippen MR) is 77.3 cm³/mol. The smallest absolute Gasteiger partial charge is 0.289 e. The lowest BCUT2D eigenvalue weighted by Crippen LogP contribution is -2.41. The highest BCUT2D eigenvalue weighted by molar-refractivity contribution is 6.01. The quantitative estimate of drug-likeness (QED) is 0.645. The molecule has 0 aliphatic rings. The molecule has 6 heteroatoms. The maximum Gasteiger partial charge on any atom is 0.289 e. The third kappa shape index (κ3) is 6.08. The SMILES string of the molecule is C/C(CC(=O)NC(C)(C)C)=N\NC(=O)c1ccccn1. The number of hydrogen-bond acceptors (Lipinski definition) is 4. The van der Waals surface area contributed by atoms with E-state index in [2.05, 4.69) is 20.8 Å². The molecule has 0 aromatic carbocycles. The summed E-state index contributed by atoms with van der Waals surface area (Å²) in [6.45, 7) is 7.39. The van der Waals surface area contributed by atoms with Crippen LogP contribution in [0.2, 0.25) is 0 Å². The van der Waals surface area contributed by atoms with E-state index in [0.29, 0.717) is 5.71 Å². The van der Waals surface area contributed by atoms with Gasteiger partial charge in [0.1, 0.15) is 5.69 Å². The molecule has 0 atom stereocenters. The second kappa shape index (κ2) is 6.79. The number of amides is 2. The summed E-state index contributed by atoms with van der Waals surface area (Å²) < 4.78 is 0. The van der Waals surface area contributed by atoms with E-state index in [-0.39, 0.29) is 23.6 Å². The Morgan fingerprint density at radius 3 is 2.55 bits per heavy atom. The Morgan fingerprint density at radius 1 is 1.30 bits per heavy atom. The van der Waals surface area contributed by atoms with E-state index in [0.717, 1.165) is 0 Å². The van der Waals surface area contributed by atoms with Crippen LogP contribution in [-0.4, -0.2) is 28.0 Å². The molecule has 1 aromatic rings. The van der Waals surface area contributed by atoms with Crippen LogP contribution >= 0.6 is 0 Å². The van der Waals surface area contributed by atoms with Gasteiger partial charge in [-0.3, -0.25) is 14.6 Å². The first-order valence-electron chi connectivity index (χ1n) is 6.33. The van der Waals surface area contributed by atoms with Gasteiger partial charge in [0.25, 0.3) is 5.91 Å². The molecule has 1 heterocycles. The standard InChI is InChI=1S/C14H20N4O2/c1-10(9-12(19)16-14(2,3)4)17-18-13(20)11-7-5-6-8-15-11/h5-8H,9H2,1-4H3,(H,16,19)(H,18,20)/b17-10+. The summed E-state index contributed by atoms with van der Waals surface area (Å²) in [6, 6.07) is 5.03. The van der Waals surface area contributed by atoms with Gasteiger partial charge in [-0.1, -0.05) is 6.07 Å². The molecular formula is C14H20N4O2. The molecule has 0 radical (unpaired) electrons. The minimum absolute atomic E-state index is 0.133. The lowest BCUT2D eigenvalue weighted by Gasteiger charge is -2.20. The molecule has 0 aliphatic carbocycles.